The van der Waals surface area contributed by atoms with Crippen LogP contribution in [0.2, 0.25) is 0 Å². The van der Waals surface area contributed by atoms with Gasteiger partial charge in [-0.25, -0.2) is 0 Å². The van der Waals surface area contributed by atoms with E-state index in [1.807, 2.05) is 0 Å². The Morgan fingerprint density at radius 2 is 1.85 bits per heavy atom. The van der Waals surface area contributed by atoms with Crippen LogP contribution in [0.4, 0.5) is 8.78 Å². The highest BCUT2D eigenvalue weighted by Gasteiger charge is 2.05. The first-order valence-corrected chi connectivity index (χ1v) is 3.57. The summed E-state index contributed by atoms with van der Waals surface area (Å²) in [7, 11) is 1.45. The van der Waals surface area contributed by atoms with Crippen LogP contribution < -0.4 is 9.47 Å². The van der Waals surface area contributed by atoms with Gasteiger partial charge in [0.2, 0.25) is 0 Å². The van der Waals surface area contributed by atoms with Crippen molar-refractivity contribution in [2.45, 2.75) is 6.61 Å². The van der Waals surface area contributed by atoms with Crippen molar-refractivity contribution < 1.29 is 18.3 Å². The quantitative estimate of drug-likeness (QED) is 0.723. The summed E-state index contributed by atoms with van der Waals surface area (Å²) < 4.78 is 32.6. The van der Waals surface area contributed by atoms with Gasteiger partial charge in [0.1, 0.15) is 11.5 Å². The lowest BCUT2D eigenvalue weighted by Gasteiger charge is -2.07. The molecule has 13 heavy (non-hydrogen) atoms. The van der Waals surface area contributed by atoms with Crippen molar-refractivity contribution >= 4 is 0 Å². The van der Waals surface area contributed by atoms with E-state index in [2.05, 4.69) is 11.7 Å². The van der Waals surface area contributed by atoms with Gasteiger partial charge >= 0.3 is 6.61 Å². The van der Waals surface area contributed by atoms with Crippen molar-refractivity contribution in [2.75, 3.05) is 7.11 Å². The van der Waals surface area contributed by atoms with Crippen LogP contribution in [0.1, 0.15) is 5.56 Å². The maximum atomic E-state index is 11.8. The van der Waals surface area contributed by atoms with E-state index in [1.54, 1.807) is 6.07 Å². The second kappa shape index (κ2) is 4.07. The smallest absolute Gasteiger partial charge is 0.387 e. The third kappa shape index (κ3) is 2.89. The topological polar surface area (TPSA) is 18.5 Å². The van der Waals surface area contributed by atoms with Crippen LogP contribution in [-0.4, -0.2) is 13.7 Å². The van der Waals surface area contributed by atoms with Crippen LogP contribution in [0.3, 0.4) is 0 Å². The minimum Gasteiger partial charge on any atom is -0.497 e. The van der Waals surface area contributed by atoms with E-state index in [0.717, 1.165) is 0 Å². The van der Waals surface area contributed by atoms with Crippen molar-refractivity contribution in [3.8, 4) is 11.5 Å². The summed E-state index contributed by atoms with van der Waals surface area (Å²) in [5.41, 5.74) is 0.565. The Hall–Kier alpha value is -1.32. The third-order valence-corrected chi connectivity index (χ3v) is 1.40. The third-order valence-electron chi connectivity index (χ3n) is 1.40. The molecule has 0 aliphatic heterocycles. The van der Waals surface area contributed by atoms with Gasteiger partial charge in [0, 0.05) is 6.07 Å². The first kappa shape index (κ1) is 9.77. The summed E-state index contributed by atoms with van der Waals surface area (Å²) in [6.07, 6.45) is 0. The van der Waals surface area contributed by atoms with Gasteiger partial charge < -0.3 is 9.47 Å². The van der Waals surface area contributed by atoms with E-state index in [9.17, 15) is 8.78 Å². The molecular weight excluding hydrogens is 178 g/mol. The van der Waals surface area contributed by atoms with E-state index in [0.29, 0.717) is 11.3 Å². The zero-order chi connectivity index (χ0) is 9.84. The van der Waals surface area contributed by atoms with Crippen LogP contribution in [0.5, 0.6) is 11.5 Å². The van der Waals surface area contributed by atoms with Crippen molar-refractivity contribution in [1.29, 1.82) is 0 Å². The fraction of sp³-hybridized carbons (Fsp3) is 0.222. The molecule has 0 aliphatic carbocycles. The van der Waals surface area contributed by atoms with E-state index >= 15 is 0 Å². The molecule has 0 saturated carbocycles. The zero-order valence-corrected chi connectivity index (χ0v) is 7.09. The summed E-state index contributed by atoms with van der Waals surface area (Å²) in [4.78, 5) is 0. The van der Waals surface area contributed by atoms with Crippen molar-refractivity contribution in [1.82, 2.24) is 0 Å². The molecule has 1 rings (SSSR count). The van der Waals surface area contributed by atoms with E-state index < -0.39 is 6.61 Å². The minimum atomic E-state index is -2.83. The highest BCUT2D eigenvalue weighted by molar-refractivity contribution is 5.39. The average Bonchev–Trinajstić information content (AvgIpc) is 2.01. The molecular formula is C9H9F2O2. The van der Waals surface area contributed by atoms with Crippen molar-refractivity contribution in [3.63, 3.8) is 0 Å². The number of methoxy groups -OCH3 is 1. The summed E-state index contributed by atoms with van der Waals surface area (Å²) in [6.45, 7) is 0.765. The molecule has 0 bridgehead atoms. The van der Waals surface area contributed by atoms with Crippen LogP contribution in [0, 0.1) is 6.92 Å². The SMILES string of the molecule is [CH2]c1cc(OC)cc(OC(F)F)c1. The highest BCUT2D eigenvalue weighted by Crippen LogP contribution is 2.23. The standard InChI is InChI=1S/C9H9F2O2/c1-6-3-7(12-2)5-8(4-6)13-9(10)11/h3-5,9H,1H2,2H3. The van der Waals surface area contributed by atoms with Gasteiger partial charge in [-0.2, -0.15) is 8.78 Å². The molecule has 71 valence electrons. The minimum absolute atomic E-state index is 0.0550. The van der Waals surface area contributed by atoms with E-state index in [1.165, 1.54) is 19.2 Å². The Kier molecular flexibility index (Phi) is 3.06. The number of hydrogen-bond acceptors (Lipinski definition) is 2. The van der Waals surface area contributed by atoms with Crippen LogP contribution in [0.15, 0.2) is 18.2 Å². The van der Waals surface area contributed by atoms with Gasteiger partial charge in [-0.3, -0.25) is 0 Å². The Labute approximate surface area is 75.1 Å². The molecule has 0 amide bonds. The van der Waals surface area contributed by atoms with Crippen LogP contribution in [-0.2, 0) is 0 Å². The second-order valence-electron chi connectivity index (χ2n) is 2.40. The summed E-state index contributed by atoms with van der Waals surface area (Å²) in [5.74, 6) is 0.502. The number of ether oxygens (including phenoxy) is 2. The van der Waals surface area contributed by atoms with Gasteiger partial charge in [0.15, 0.2) is 0 Å². The number of rotatable bonds is 3. The lowest BCUT2D eigenvalue weighted by molar-refractivity contribution is -0.0499. The Bertz CT molecular complexity index is 287. The highest BCUT2D eigenvalue weighted by atomic mass is 19.3. The predicted octanol–water partition coefficient (Wildman–Crippen LogP) is 2.48. The van der Waals surface area contributed by atoms with E-state index in [-0.39, 0.29) is 5.75 Å². The van der Waals surface area contributed by atoms with Crippen molar-refractivity contribution in [3.05, 3.63) is 30.7 Å². The Morgan fingerprint density at radius 3 is 2.38 bits per heavy atom. The molecule has 1 aromatic carbocycles. The fourth-order valence-electron chi connectivity index (χ4n) is 0.919. The Balaban J connectivity index is 2.88. The molecule has 1 aromatic rings. The summed E-state index contributed by atoms with van der Waals surface area (Å²) in [6, 6.07) is 4.41. The van der Waals surface area contributed by atoms with Crippen LogP contribution in [0.25, 0.3) is 0 Å². The molecule has 0 heterocycles. The number of benzene rings is 1. The fourth-order valence-corrected chi connectivity index (χ4v) is 0.919. The molecule has 0 aliphatic rings. The predicted molar refractivity (Wildman–Crippen MR) is 44.1 cm³/mol. The molecule has 2 nitrogen and oxygen atoms in total. The first-order chi connectivity index (χ1) is 6.11. The second-order valence-corrected chi connectivity index (χ2v) is 2.40. The summed E-state index contributed by atoms with van der Waals surface area (Å²) in [5, 5.41) is 0. The molecule has 0 unspecified atom stereocenters. The molecule has 0 saturated heterocycles. The van der Waals surface area contributed by atoms with E-state index in [4.69, 9.17) is 4.74 Å². The normalized spacial score (nSPS) is 10.2. The van der Waals surface area contributed by atoms with Gasteiger partial charge in [-0.05, 0) is 24.6 Å². The molecule has 0 spiro atoms. The van der Waals surface area contributed by atoms with Gasteiger partial charge in [0.25, 0.3) is 0 Å². The average molecular weight is 187 g/mol. The molecule has 0 fully saturated rings. The molecule has 1 radical (unpaired) electrons. The van der Waals surface area contributed by atoms with Crippen LogP contribution >= 0.6 is 0 Å². The van der Waals surface area contributed by atoms with Crippen molar-refractivity contribution in [2.24, 2.45) is 0 Å². The lowest BCUT2D eigenvalue weighted by atomic mass is 10.2. The molecule has 0 N–H and O–H groups in total. The summed E-state index contributed by atoms with van der Waals surface area (Å²) >= 11 is 0. The van der Waals surface area contributed by atoms with Gasteiger partial charge in [-0.15, -0.1) is 0 Å². The first-order valence-electron chi connectivity index (χ1n) is 3.57. The maximum Gasteiger partial charge on any atom is 0.387 e. The zero-order valence-electron chi connectivity index (χ0n) is 7.09. The number of halogens is 2. The Morgan fingerprint density at radius 1 is 1.23 bits per heavy atom. The maximum absolute atomic E-state index is 11.8. The van der Waals surface area contributed by atoms with Gasteiger partial charge in [0.05, 0.1) is 7.11 Å². The number of alkyl halides is 2. The monoisotopic (exact) mass is 187 g/mol. The molecule has 0 aromatic heterocycles. The molecule has 0 atom stereocenters. The lowest BCUT2D eigenvalue weighted by Crippen LogP contribution is -2.02. The largest absolute Gasteiger partial charge is 0.497 e. The molecule has 4 heteroatoms. The van der Waals surface area contributed by atoms with Gasteiger partial charge in [-0.1, -0.05) is 0 Å². The number of hydrogen-bond donors (Lipinski definition) is 0.